The van der Waals surface area contributed by atoms with E-state index >= 15 is 0 Å². The first-order chi connectivity index (χ1) is 9.08. The molecule has 0 amide bonds. The van der Waals surface area contributed by atoms with Crippen molar-refractivity contribution >= 4 is 12.3 Å². The number of rotatable bonds is 8. The summed E-state index contributed by atoms with van der Waals surface area (Å²) in [5, 5.41) is 9.15. The van der Waals surface area contributed by atoms with E-state index in [1.165, 1.54) is 18.6 Å². The van der Waals surface area contributed by atoms with Gasteiger partial charge in [0.2, 0.25) is 0 Å². The summed E-state index contributed by atoms with van der Waals surface area (Å²) in [6.45, 7) is 3.63. The van der Waals surface area contributed by atoms with Crippen LogP contribution in [0.5, 0.6) is 0 Å². The van der Waals surface area contributed by atoms with E-state index < -0.39 is 5.97 Å². The fourth-order valence-electron chi connectivity index (χ4n) is 2.03. The van der Waals surface area contributed by atoms with Crippen LogP contribution in [0.25, 0.3) is 0 Å². The second kappa shape index (κ2) is 7.69. The maximum atomic E-state index is 11.2. The number of hydrogen-bond acceptors (Lipinski definition) is 3. The van der Waals surface area contributed by atoms with Gasteiger partial charge in [0.15, 0.2) is 0 Å². The summed E-state index contributed by atoms with van der Waals surface area (Å²) in [5.41, 5.74) is 1.48. The summed E-state index contributed by atoms with van der Waals surface area (Å²) >= 11 is 0. The van der Waals surface area contributed by atoms with Crippen LogP contribution in [0, 0.1) is 0 Å². The van der Waals surface area contributed by atoms with Crippen molar-refractivity contribution in [3.63, 3.8) is 0 Å². The molecule has 0 bridgehead atoms. The van der Waals surface area contributed by atoms with E-state index in [-0.39, 0.29) is 5.56 Å². The zero-order valence-electron chi connectivity index (χ0n) is 11.6. The first kappa shape index (κ1) is 15.4. The van der Waals surface area contributed by atoms with Crippen molar-refractivity contribution in [3.8, 4) is 0 Å². The number of carbonyl (C=O) groups is 2. The largest absolute Gasteiger partial charge is 0.478 e. The number of benzene rings is 1. The molecule has 0 unspecified atom stereocenters. The first-order valence-electron chi connectivity index (χ1n) is 6.58. The molecule has 1 rings (SSSR count). The number of aldehydes is 1. The van der Waals surface area contributed by atoms with Crippen LogP contribution in [0.1, 0.15) is 52.5 Å². The Morgan fingerprint density at radius 1 is 1.37 bits per heavy atom. The van der Waals surface area contributed by atoms with Gasteiger partial charge in [0, 0.05) is 12.1 Å². The molecule has 0 fully saturated rings. The van der Waals surface area contributed by atoms with Crippen molar-refractivity contribution in [3.05, 3.63) is 34.9 Å². The summed E-state index contributed by atoms with van der Waals surface area (Å²) in [6, 6.07) is 4.70. The van der Waals surface area contributed by atoms with Gasteiger partial charge in [0.05, 0.1) is 5.56 Å². The van der Waals surface area contributed by atoms with Gasteiger partial charge >= 0.3 is 5.97 Å². The van der Waals surface area contributed by atoms with Crippen molar-refractivity contribution in [2.24, 2.45) is 0 Å². The first-order valence-corrected chi connectivity index (χ1v) is 6.58. The average molecular weight is 263 g/mol. The lowest BCUT2D eigenvalue weighted by Crippen LogP contribution is -2.21. The Balaban J connectivity index is 2.79. The Kier molecular flexibility index (Phi) is 6.22. The van der Waals surface area contributed by atoms with Crippen molar-refractivity contribution < 1.29 is 14.7 Å². The average Bonchev–Trinajstić information content (AvgIpc) is 2.38. The zero-order valence-corrected chi connectivity index (χ0v) is 11.6. The maximum absolute atomic E-state index is 11.2. The Morgan fingerprint density at radius 2 is 2.11 bits per heavy atom. The quantitative estimate of drug-likeness (QED) is 0.579. The van der Waals surface area contributed by atoms with E-state index in [1.54, 1.807) is 6.07 Å². The highest BCUT2D eigenvalue weighted by atomic mass is 16.4. The van der Waals surface area contributed by atoms with Gasteiger partial charge in [-0.1, -0.05) is 25.8 Å². The smallest absolute Gasteiger partial charge is 0.336 e. The number of carboxylic acids is 1. The molecule has 4 heteroatoms. The molecule has 19 heavy (non-hydrogen) atoms. The van der Waals surface area contributed by atoms with Gasteiger partial charge < -0.3 is 10.0 Å². The van der Waals surface area contributed by atoms with Gasteiger partial charge in [-0.05, 0) is 37.7 Å². The number of hydrogen-bond donors (Lipinski definition) is 1. The summed E-state index contributed by atoms with van der Waals surface area (Å²) in [5.74, 6) is -0.950. The number of carboxylic acid groups (broad SMARTS) is 1. The van der Waals surface area contributed by atoms with Crippen LogP contribution in [0.4, 0.5) is 0 Å². The standard InChI is InChI=1S/C15H21NO3/c1-3-4-5-8-16(2)10-13-9-12(11-17)6-7-14(13)15(18)19/h6-7,9,11H,3-5,8,10H2,1-2H3,(H,18,19). The lowest BCUT2D eigenvalue weighted by molar-refractivity contribution is 0.0694. The number of carbonyl (C=O) groups excluding carboxylic acids is 1. The molecule has 0 aliphatic carbocycles. The third-order valence-electron chi connectivity index (χ3n) is 3.08. The SMILES string of the molecule is CCCCCN(C)Cc1cc(C=O)ccc1C(=O)O. The van der Waals surface area contributed by atoms with Crippen molar-refractivity contribution in [2.45, 2.75) is 32.7 Å². The van der Waals surface area contributed by atoms with Crippen LogP contribution in [0.2, 0.25) is 0 Å². The third kappa shape index (κ3) is 4.83. The van der Waals surface area contributed by atoms with Gasteiger partial charge in [0.1, 0.15) is 6.29 Å². The molecular formula is C15H21NO3. The van der Waals surface area contributed by atoms with E-state index in [1.807, 2.05) is 7.05 Å². The number of nitrogens with zero attached hydrogens (tertiary/aromatic N) is 1. The molecule has 0 heterocycles. The topological polar surface area (TPSA) is 57.6 Å². The van der Waals surface area contributed by atoms with Crippen LogP contribution in [0.3, 0.4) is 0 Å². The third-order valence-corrected chi connectivity index (χ3v) is 3.08. The highest BCUT2D eigenvalue weighted by Crippen LogP contribution is 2.14. The van der Waals surface area contributed by atoms with Crippen LogP contribution in [0.15, 0.2) is 18.2 Å². The minimum atomic E-state index is -0.950. The van der Waals surface area contributed by atoms with Gasteiger partial charge in [-0.25, -0.2) is 4.79 Å². The minimum absolute atomic E-state index is 0.271. The van der Waals surface area contributed by atoms with Crippen molar-refractivity contribution in [1.82, 2.24) is 4.90 Å². The molecule has 1 aromatic carbocycles. The van der Waals surface area contributed by atoms with E-state index in [0.717, 1.165) is 25.7 Å². The predicted molar refractivity (Wildman–Crippen MR) is 74.6 cm³/mol. The number of unbranched alkanes of at least 4 members (excludes halogenated alkanes) is 2. The van der Waals surface area contributed by atoms with Crippen molar-refractivity contribution in [1.29, 1.82) is 0 Å². The fraction of sp³-hybridized carbons (Fsp3) is 0.467. The molecule has 104 valence electrons. The molecule has 0 aromatic heterocycles. The zero-order chi connectivity index (χ0) is 14.3. The molecule has 0 spiro atoms. The Labute approximate surface area is 114 Å². The molecule has 0 radical (unpaired) electrons. The van der Waals surface area contributed by atoms with E-state index in [2.05, 4.69) is 11.8 Å². The summed E-state index contributed by atoms with van der Waals surface area (Å²) in [7, 11) is 1.97. The van der Waals surface area contributed by atoms with E-state index in [0.29, 0.717) is 17.7 Å². The highest BCUT2D eigenvalue weighted by molar-refractivity contribution is 5.90. The maximum Gasteiger partial charge on any atom is 0.336 e. The molecule has 1 aromatic rings. The second-order valence-corrected chi connectivity index (χ2v) is 4.78. The van der Waals surface area contributed by atoms with Crippen LogP contribution in [-0.2, 0) is 6.54 Å². The van der Waals surface area contributed by atoms with Crippen LogP contribution < -0.4 is 0 Å². The molecule has 4 nitrogen and oxygen atoms in total. The Hall–Kier alpha value is -1.68. The molecule has 0 saturated heterocycles. The molecule has 0 aliphatic rings. The highest BCUT2D eigenvalue weighted by Gasteiger charge is 2.12. The number of aromatic carboxylic acids is 1. The summed E-state index contributed by atoms with van der Waals surface area (Å²) in [6.07, 6.45) is 4.17. The van der Waals surface area contributed by atoms with Gasteiger partial charge in [0.25, 0.3) is 0 Å². The minimum Gasteiger partial charge on any atom is -0.478 e. The molecule has 0 atom stereocenters. The van der Waals surface area contributed by atoms with Crippen LogP contribution in [-0.4, -0.2) is 35.9 Å². The van der Waals surface area contributed by atoms with E-state index in [4.69, 9.17) is 5.11 Å². The van der Waals surface area contributed by atoms with Gasteiger partial charge in [-0.3, -0.25) is 4.79 Å². The van der Waals surface area contributed by atoms with Gasteiger partial charge in [-0.15, -0.1) is 0 Å². The molecule has 0 saturated carbocycles. The normalized spacial score (nSPS) is 10.7. The lowest BCUT2D eigenvalue weighted by Gasteiger charge is -2.18. The molecule has 1 N–H and O–H groups in total. The molecular weight excluding hydrogens is 242 g/mol. The molecule has 0 aliphatic heterocycles. The van der Waals surface area contributed by atoms with E-state index in [9.17, 15) is 9.59 Å². The predicted octanol–water partition coefficient (Wildman–Crippen LogP) is 2.82. The monoisotopic (exact) mass is 263 g/mol. The fourth-order valence-corrected chi connectivity index (χ4v) is 2.03. The lowest BCUT2D eigenvalue weighted by atomic mass is 10.0. The Bertz CT molecular complexity index is 443. The van der Waals surface area contributed by atoms with Gasteiger partial charge in [-0.2, -0.15) is 0 Å². The Morgan fingerprint density at radius 3 is 2.68 bits per heavy atom. The van der Waals surface area contributed by atoms with Crippen LogP contribution >= 0.6 is 0 Å². The summed E-state index contributed by atoms with van der Waals surface area (Å²) in [4.78, 5) is 24.0. The summed E-state index contributed by atoms with van der Waals surface area (Å²) < 4.78 is 0. The second-order valence-electron chi connectivity index (χ2n) is 4.78. The van der Waals surface area contributed by atoms with Crippen molar-refractivity contribution in [2.75, 3.05) is 13.6 Å².